The van der Waals surface area contributed by atoms with Crippen molar-refractivity contribution in [2.24, 2.45) is 5.92 Å². The van der Waals surface area contributed by atoms with Crippen LogP contribution < -0.4 is 25.4 Å². The molecule has 0 spiro atoms. The van der Waals surface area contributed by atoms with Gasteiger partial charge in [0.1, 0.15) is 11.6 Å². The molecule has 1 aliphatic heterocycles. The number of carbonyl (C=O) groups excluding carboxylic acids is 1. The van der Waals surface area contributed by atoms with E-state index in [4.69, 9.17) is 26.8 Å². The number of ether oxygens (including phenoxy) is 2. The SMILES string of the molecule is COc1cc2nc(N3CCCC(C(=O)Nc4ccc(Cl)cn4)C3)nc(N)c2cc1OC. The molecule has 0 bridgehead atoms. The monoisotopic (exact) mass is 442 g/mol. The molecule has 3 heterocycles. The summed E-state index contributed by atoms with van der Waals surface area (Å²) >= 11 is 5.85. The second-order valence-corrected chi connectivity index (χ2v) is 7.71. The quantitative estimate of drug-likeness (QED) is 0.619. The van der Waals surface area contributed by atoms with Gasteiger partial charge in [-0.25, -0.2) is 9.97 Å². The van der Waals surface area contributed by atoms with Gasteiger partial charge in [-0.3, -0.25) is 4.79 Å². The topological polar surface area (TPSA) is 115 Å². The normalized spacial score (nSPS) is 16.2. The molecule has 0 aliphatic carbocycles. The predicted molar refractivity (Wildman–Crippen MR) is 120 cm³/mol. The molecule has 1 amide bonds. The number of hydrogen-bond acceptors (Lipinski definition) is 8. The van der Waals surface area contributed by atoms with Crippen LogP contribution in [0.1, 0.15) is 12.8 Å². The van der Waals surface area contributed by atoms with Gasteiger partial charge in [0, 0.05) is 30.7 Å². The van der Waals surface area contributed by atoms with Crippen LogP contribution in [0.5, 0.6) is 11.5 Å². The average molecular weight is 443 g/mol. The minimum atomic E-state index is -0.225. The second-order valence-electron chi connectivity index (χ2n) is 7.27. The Morgan fingerprint density at radius 3 is 2.71 bits per heavy atom. The van der Waals surface area contributed by atoms with E-state index in [1.165, 1.54) is 6.20 Å². The Bertz CT molecular complexity index is 1110. The molecule has 1 atom stereocenters. The zero-order valence-corrected chi connectivity index (χ0v) is 18.0. The van der Waals surface area contributed by atoms with Gasteiger partial charge in [-0.05, 0) is 31.0 Å². The van der Waals surface area contributed by atoms with E-state index in [1.807, 2.05) is 4.90 Å². The highest BCUT2D eigenvalue weighted by Crippen LogP contribution is 2.34. The highest BCUT2D eigenvalue weighted by Gasteiger charge is 2.28. The fraction of sp³-hybridized carbons (Fsp3) is 0.333. The Morgan fingerprint density at radius 1 is 1.23 bits per heavy atom. The molecule has 1 fully saturated rings. The lowest BCUT2D eigenvalue weighted by Crippen LogP contribution is -2.41. The minimum absolute atomic E-state index is 0.0975. The van der Waals surface area contributed by atoms with Crippen molar-refractivity contribution in [2.45, 2.75) is 12.8 Å². The Morgan fingerprint density at radius 2 is 2.00 bits per heavy atom. The van der Waals surface area contributed by atoms with Crippen molar-refractivity contribution in [1.29, 1.82) is 0 Å². The smallest absolute Gasteiger partial charge is 0.230 e. The van der Waals surface area contributed by atoms with Gasteiger partial charge in [-0.1, -0.05) is 11.6 Å². The molecule has 3 N–H and O–H groups in total. The molecular formula is C21H23ClN6O3. The maximum Gasteiger partial charge on any atom is 0.230 e. The largest absolute Gasteiger partial charge is 0.493 e. The number of nitrogens with zero attached hydrogens (tertiary/aromatic N) is 4. The molecule has 0 radical (unpaired) electrons. The molecule has 3 aromatic rings. The number of nitrogens with one attached hydrogen (secondary N) is 1. The molecule has 1 aromatic carbocycles. The number of amides is 1. The molecule has 1 aliphatic rings. The van der Waals surface area contributed by atoms with Gasteiger partial charge in [-0.15, -0.1) is 0 Å². The lowest BCUT2D eigenvalue weighted by molar-refractivity contribution is -0.120. The fourth-order valence-electron chi connectivity index (χ4n) is 3.66. The van der Waals surface area contributed by atoms with Crippen molar-refractivity contribution >= 4 is 46.0 Å². The molecule has 1 unspecified atom stereocenters. The van der Waals surface area contributed by atoms with E-state index in [0.717, 1.165) is 19.4 Å². The summed E-state index contributed by atoms with van der Waals surface area (Å²) < 4.78 is 10.7. The number of benzene rings is 1. The molecule has 31 heavy (non-hydrogen) atoms. The van der Waals surface area contributed by atoms with Crippen molar-refractivity contribution in [1.82, 2.24) is 15.0 Å². The second kappa shape index (κ2) is 8.81. The van der Waals surface area contributed by atoms with E-state index in [1.54, 1.807) is 38.5 Å². The maximum absolute atomic E-state index is 12.8. The van der Waals surface area contributed by atoms with Crippen LogP contribution in [0.25, 0.3) is 10.9 Å². The Hall–Kier alpha value is -3.33. The van der Waals surface area contributed by atoms with Gasteiger partial charge in [0.2, 0.25) is 11.9 Å². The fourth-order valence-corrected chi connectivity index (χ4v) is 3.77. The first-order valence-corrected chi connectivity index (χ1v) is 10.2. The Labute approximate surface area is 184 Å². The Kier molecular flexibility index (Phi) is 5.94. The standard InChI is InChI=1S/C21H23ClN6O3/c1-30-16-8-14-15(9-17(16)31-2)25-21(27-19(14)23)28-7-3-4-12(11-28)20(29)26-18-6-5-13(22)10-24-18/h5-6,8-10,12H,3-4,7,11H2,1-2H3,(H2,23,25,27)(H,24,26,29). The summed E-state index contributed by atoms with van der Waals surface area (Å²) in [6, 6.07) is 6.90. The molecule has 1 saturated heterocycles. The van der Waals surface area contributed by atoms with Gasteiger partial charge in [0.05, 0.1) is 30.7 Å². The number of nitrogen functional groups attached to an aromatic ring is 1. The molecule has 10 heteroatoms. The molecular weight excluding hydrogens is 420 g/mol. The molecule has 4 rings (SSSR count). The first-order valence-electron chi connectivity index (χ1n) is 9.85. The van der Waals surface area contributed by atoms with Crippen LogP contribution in [0.15, 0.2) is 30.5 Å². The van der Waals surface area contributed by atoms with Gasteiger partial charge >= 0.3 is 0 Å². The van der Waals surface area contributed by atoms with Crippen LogP contribution >= 0.6 is 11.6 Å². The lowest BCUT2D eigenvalue weighted by Gasteiger charge is -2.32. The number of anilines is 3. The highest BCUT2D eigenvalue weighted by atomic mass is 35.5. The number of fused-ring (bicyclic) bond motifs is 1. The van der Waals surface area contributed by atoms with Gasteiger partial charge < -0.3 is 25.4 Å². The molecule has 0 saturated carbocycles. The number of rotatable bonds is 5. The van der Waals surface area contributed by atoms with Gasteiger partial charge in [0.25, 0.3) is 0 Å². The van der Waals surface area contributed by atoms with E-state index in [2.05, 4.69) is 20.3 Å². The summed E-state index contributed by atoms with van der Waals surface area (Å²) in [4.78, 5) is 28.0. The van der Waals surface area contributed by atoms with Crippen molar-refractivity contribution in [3.05, 3.63) is 35.5 Å². The van der Waals surface area contributed by atoms with Gasteiger partial charge in [-0.2, -0.15) is 4.98 Å². The summed E-state index contributed by atoms with van der Waals surface area (Å²) in [6.07, 6.45) is 3.10. The summed E-state index contributed by atoms with van der Waals surface area (Å²) in [5, 5.41) is 4.05. The number of halogens is 1. The third kappa shape index (κ3) is 4.41. The van der Waals surface area contributed by atoms with Crippen LogP contribution in [0.2, 0.25) is 5.02 Å². The number of carbonyl (C=O) groups is 1. The number of pyridine rings is 1. The molecule has 2 aromatic heterocycles. The van der Waals surface area contributed by atoms with E-state index in [-0.39, 0.29) is 11.8 Å². The van der Waals surface area contributed by atoms with E-state index >= 15 is 0 Å². The van der Waals surface area contributed by atoms with Crippen molar-refractivity contribution in [2.75, 3.05) is 43.3 Å². The molecule has 9 nitrogen and oxygen atoms in total. The predicted octanol–water partition coefficient (Wildman–Crippen LogP) is 3.13. The van der Waals surface area contributed by atoms with Crippen molar-refractivity contribution in [3.8, 4) is 11.5 Å². The third-order valence-corrected chi connectivity index (χ3v) is 5.50. The van der Waals surface area contributed by atoms with Crippen molar-refractivity contribution < 1.29 is 14.3 Å². The van der Waals surface area contributed by atoms with Crippen LogP contribution in [-0.2, 0) is 4.79 Å². The lowest BCUT2D eigenvalue weighted by atomic mass is 9.97. The number of methoxy groups -OCH3 is 2. The first kappa shape index (κ1) is 20.9. The maximum atomic E-state index is 12.8. The zero-order valence-electron chi connectivity index (χ0n) is 17.3. The summed E-state index contributed by atoms with van der Waals surface area (Å²) in [5.41, 5.74) is 6.87. The summed E-state index contributed by atoms with van der Waals surface area (Å²) in [5.74, 6) is 2.10. The zero-order chi connectivity index (χ0) is 22.0. The number of aromatic nitrogens is 3. The van der Waals surface area contributed by atoms with Gasteiger partial charge in [0.15, 0.2) is 11.5 Å². The third-order valence-electron chi connectivity index (χ3n) is 5.27. The van der Waals surface area contributed by atoms with Crippen LogP contribution in [-0.4, -0.2) is 48.2 Å². The first-order chi connectivity index (χ1) is 15.0. The van der Waals surface area contributed by atoms with E-state index in [9.17, 15) is 4.79 Å². The minimum Gasteiger partial charge on any atom is -0.493 e. The van der Waals surface area contributed by atoms with Crippen LogP contribution in [0.4, 0.5) is 17.6 Å². The van der Waals surface area contributed by atoms with E-state index in [0.29, 0.717) is 51.6 Å². The number of piperidine rings is 1. The van der Waals surface area contributed by atoms with Crippen LogP contribution in [0, 0.1) is 5.92 Å². The summed E-state index contributed by atoms with van der Waals surface area (Å²) in [7, 11) is 3.13. The highest BCUT2D eigenvalue weighted by molar-refractivity contribution is 6.30. The number of hydrogen-bond donors (Lipinski definition) is 2. The van der Waals surface area contributed by atoms with Crippen molar-refractivity contribution in [3.63, 3.8) is 0 Å². The number of nitrogens with two attached hydrogens (primary N) is 1. The summed E-state index contributed by atoms with van der Waals surface area (Å²) in [6.45, 7) is 1.22. The molecule has 162 valence electrons. The van der Waals surface area contributed by atoms with Crippen LogP contribution in [0.3, 0.4) is 0 Å². The average Bonchev–Trinajstić information content (AvgIpc) is 2.79. The Balaban J connectivity index is 1.56. The van der Waals surface area contributed by atoms with E-state index < -0.39 is 0 Å².